The van der Waals surface area contributed by atoms with Crippen LogP contribution in [0.15, 0.2) is 16.6 Å². The van der Waals surface area contributed by atoms with Crippen LogP contribution in [-0.4, -0.2) is 5.11 Å². The van der Waals surface area contributed by atoms with Gasteiger partial charge in [-0.1, -0.05) is 18.5 Å². The van der Waals surface area contributed by atoms with E-state index in [1.54, 1.807) is 12.1 Å². The molecule has 0 saturated carbocycles. The minimum absolute atomic E-state index is 0.289. The number of halogens is 2. The number of rotatable bonds is 1. The standard InChI is InChI=1S/C8H8BrClO/c1-2-5-3-6(10)4-7(9)8(5)11/h3-4,11H,2H2,1H3. The summed E-state index contributed by atoms with van der Waals surface area (Å²) in [6.07, 6.45) is 0.783. The molecule has 0 aliphatic carbocycles. The molecule has 60 valence electrons. The topological polar surface area (TPSA) is 20.2 Å². The van der Waals surface area contributed by atoms with E-state index in [0.29, 0.717) is 9.50 Å². The first-order valence-corrected chi connectivity index (χ1v) is 4.49. The van der Waals surface area contributed by atoms with Gasteiger partial charge in [0.2, 0.25) is 0 Å². The Bertz CT molecular complexity index is 273. The van der Waals surface area contributed by atoms with Crippen molar-refractivity contribution in [2.24, 2.45) is 0 Å². The first kappa shape index (κ1) is 8.88. The molecular formula is C8H8BrClO. The molecule has 1 rings (SSSR count). The summed E-state index contributed by atoms with van der Waals surface area (Å²) in [5.41, 5.74) is 0.865. The summed E-state index contributed by atoms with van der Waals surface area (Å²) in [6, 6.07) is 3.44. The van der Waals surface area contributed by atoms with Gasteiger partial charge in [0.25, 0.3) is 0 Å². The normalized spacial score (nSPS) is 10.1. The van der Waals surface area contributed by atoms with Crippen molar-refractivity contribution in [2.45, 2.75) is 13.3 Å². The van der Waals surface area contributed by atoms with Gasteiger partial charge >= 0.3 is 0 Å². The minimum Gasteiger partial charge on any atom is -0.506 e. The second-order valence-electron chi connectivity index (χ2n) is 2.25. The lowest BCUT2D eigenvalue weighted by atomic mass is 10.1. The second-order valence-corrected chi connectivity index (χ2v) is 3.54. The minimum atomic E-state index is 0.289. The highest BCUT2D eigenvalue weighted by atomic mass is 79.9. The zero-order chi connectivity index (χ0) is 8.43. The number of phenols is 1. The lowest BCUT2D eigenvalue weighted by Crippen LogP contribution is -1.82. The van der Waals surface area contributed by atoms with Gasteiger partial charge in [0.1, 0.15) is 5.75 Å². The van der Waals surface area contributed by atoms with E-state index >= 15 is 0 Å². The zero-order valence-electron chi connectivity index (χ0n) is 6.06. The van der Waals surface area contributed by atoms with Crippen LogP contribution in [0.4, 0.5) is 0 Å². The molecule has 0 aromatic heterocycles. The van der Waals surface area contributed by atoms with Crippen LogP contribution in [0.2, 0.25) is 5.02 Å². The average Bonchev–Trinajstić information content (AvgIpc) is 1.96. The van der Waals surface area contributed by atoms with Gasteiger partial charge in [-0.05, 0) is 40.0 Å². The van der Waals surface area contributed by atoms with E-state index in [4.69, 9.17) is 11.6 Å². The molecule has 0 heterocycles. The van der Waals surface area contributed by atoms with Crippen LogP contribution in [0.3, 0.4) is 0 Å². The van der Waals surface area contributed by atoms with Crippen molar-refractivity contribution in [1.29, 1.82) is 0 Å². The van der Waals surface area contributed by atoms with Gasteiger partial charge in [0.05, 0.1) is 4.47 Å². The molecule has 1 aromatic rings. The molecule has 0 spiro atoms. The van der Waals surface area contributed by atoms with Crippen LogP contribution in [0.25, 0.3) is 0 Å². The fraction of sp³-hybridized carbons (Fsp3) is 0.250. The highest BCUT2D eigenvalue weighted by molar-refractivity contribution is 9.10. The smallest absolute Gasteiger partial charge is 0.133 e. The van der Waals surface area contributed by atoms with Crippen molar-refractivity contribution in [3.05, 3.63) is 27.2 Å². The van der Waals surface area contributed by atoms with Crippen molar-refractivity contribution < 1.29 is 5.11 Å². The lowest BCUT2D eigenvalue weighted by Gasteiger charge is -2.03. The third-order valence-corrected chi connectivity index (χ3v) is 2.31. The number of phenolic OH excluding ortho intramolecular Hbond substituents is 1. The van der Waals surface area contributed by atoms with E-state index < -0.39 is 0 Å². The van der Waals surface area contributed by atoms with E-state index in [2.05, 4.69) is 15.9 Å². The SMILES string of the molecule is CCc1cc(Cl)cc(Br)c1O. The Morgan fingerprint density at radius 1 is 1.55 bits per heavy atom. The highest BCUT2D eigenvalue weighted by Crippen LogP contribution is 2.31. The van der Waals surface area contributed by atoms with Crippen molar-refractivity contribution in [3.8, 4) is 5.75 Å². The average molecular weight is 236 g/mol. The molecule has 0 aliphatic rings. The summed E-state index contributed by atoms with van der Waals surface area (Å²) in [7, 11) is 0. The third-order valence-electron chi connectivity index (χ3n) is 1.49. The molecule has 0 unspecified atom stereocenters. The van der Waals surface area contributed by atoms with Crippen LogP contribution in [0.1, 0.15) is 12.5 Å². The van der Waals surface area contributed by atoms with Crippen molar-refractivity contribution in [1.82, 2.24) is 0 Å². The quantitative estimate of drug-likeness (QED) is 0.791. The van der Waals surface area contributed by atoms with Crippen LogP contribution >= 0.6 is 27.5 Å². The van der Waals surface area contributed by atoms with Gasteiger partial charge in [0, 0.05) is 5.02 Å². The predicted octanol–water partition coefficient (Wildman–Crippen LogP) is 3.37. The Morgan fingerprint density at radius 2 is 2.18 bits per heavy atom. The molecule has 1 aromatic carbocycles. The van der Waals surface area contributed by atoms with E-state index in [-0.39, 0.29) is 5.75 Å². The van der Waals surface area contributed by atoms with Crippen LogP contribution in [-0.2, 0) is 6.42 Å². The fourth-order valence-corrected chi connectivity index (χ4v) is 1.76. The summed E-state index contributed by atoms with van der Waals surface area (Å²) >= 11 is 8.96. The van der Waals surface area contributed by atoms with E-state index in [9.17, 15) is 5.11 Å². The molecule has 0 fully saturated rings. The molecule has 0 amide bonds. The van der Waals surface area contributed by atoms with Crippen LogP contribution in [0, 0.1) is 0 Å². The molecular weight excluding hydrogens is 227 g/mol. The fourth-order valence-electron chi connectivity index (χ4n) is 0.889. The van der Waals surface area contributed by atoms with Gasteiger partial charge < -0.3 is 5.11 Å². The summed E-state index contributed by atoms with van der Waals surface area (Å²) in [6.45, 7) is 1.97. The Hall–Kier alpha value is -0.210. The van der Waals surface area contributed by atoms with Crippen LogP contribution in [0.5, 0.6) is 5.75 Å². The molecule has 1 N–H and O–H groups in total. The molecule has 0 aliphatic heterocycles. The molecule has 0 saturated heterocycles. The number of hydrogen-bond donors (Lipinski definition) is 1. The molecule has 1 nitrogen and oxygen atoms in total. The summed E-state index contributed by atoms with van der Waals surface area (Å²) < 4.78 is 0.654. The monoisotopic (exact) mass is 234 g/mol. The Kier molecular flexibility index (Phi) is 2.79. The number of hydrogen-bond acceptors (Lipinski definition) is 1. The highest BCUT2D eigenvalue weighted by Gasteiger charge is 2.04. The molecule has 0 radical (unpaired) electrons. The molecule has 0 bridgehead atoms. The molecule has 0 atom stereocenters. The largest absolute Gasteiger partial charge is 0.506 e. The third kappa shape index (κ3) is 1.88. The Labute approximate surface area is 79.1 Å². The number of aromatic hydroxyl groups is 1. The molecule has 3 heteroatoms. The van der Waals surface area contributed by atoms with Crippen molar-refractivity contribution >= 4 is 27.5 Å². The summed E-state index contributed by atoms with van der Waals surface area (Å²) in [5.74, 6) is 0.289. The number of benzene rings is 1. The Balaban J connectivity index is 3.24. The summed E-state index contributed by atoms with van der Waals surface area (Å²) in [5, 5.41) is 10.1. The maximum atomic E-state index is 9.42. The van der Waals surface area contributed by atoms with Gasteiger partial charge in [-0.15, -0.1) is 0 Å². The van der Waals surface area contributed by atoms with E-state index in [0.717, 1.165) is 12.0 Å². The van der Waals surface area contributed by atoms with Gasteiger partial charge in [-0.2, -0.15) is 0 Å². The predicted molar refractivity (Wildman–Crippen MR) is 50.2 cm³/mol. The van der Waals surface area contributed by atoms with Crippen molar-refractivity contribution in [3.63, 3.8) is 0 Å². The van der Waals surface area contributed by atoms with Crippen LogP contribution < -0.4 is 0 Å². The maximum Gasteiger partial charge on any atom is 0.133 e. The first-order valence-electron chi connectivity index (χ1n) is 3.32. The van der Waals surface area contributed by atoms with Gasteiger partial charge in [-0.25, -0.2) is 0 Å². The lowest BCUT2D eigenvalue weighted by molar-refractivity contribution is 0.465. The van der Waals surface area contributed by atoms with E-state index in [1.807, 2.05) is 6.92 Å². The number of aryl methyl sites for hydroxylation is 1. The second kappa shape index (κ2) is 3.46. The zero-order valence-corrected chi connectivity index (χ0v) is 8.41. The first-order chi connectivity index (χ1) is 5.15. The molecule has 11 heavy (non-hydrogen) atoms. The van der Waals surface area contributed by atoms with E-state index in [1.165, 1.54) is 0 Å². The maximum absolute atomic E-state index is 9.42. The summed E-state index contributed by atoms with van der Waals surface area (Å²) in [4.78, 5) is 0. The Morgan fingerprint density at radius 3 is 2.73 bits per heavy atom. The van der Waals surface area contributed by atoms with Gasteiger partial charge in [-0.3, -0.25) is 0 Å². The van der Waals surface area contributed by atoms with Gasteiger partial charge in [0.15, 0.2) is 0 Å². The van der Waals surface area contributed by atoms with Crippen molar-refractivity contribution in [2.75, 3.05) is 0 Å².